The number of imidazole rings is 1. The molecule has 5 rings (SSSR count). The van der Waals surface area contributed by atoms with Gasteiger partial charge < -0.3 is 29.7 Å². The minimum Gasteiger partial charge on any atom is -0.504 e. The number of aromatic hydroxyl groups is 2. The Hall–Kier alpha value is -3.94. The van der Waals surface area contributed by atoms with Crippen LogP contribution >= 0.6 is 0 Å². The van der Waals surface area contributed by atoms with Crippen molar-refractivity contribution in [2.24, 2.45) is 0 Å². The van der Waals surface area contributed by atoms with E-state index in [-0.39, 0.29) is 28.8 Å². The van der Waals surface area contributed by atoms with Gasteiger partial charge in [-0.1, -0.05) is 0 Å². The summed E-state index contributed by atoms with van der Waals surface area (Å²) in [6.07, 6.45) is 8.09. The number of piperazine rings is 1. The number of terminal acetylenes is 1. The number of hydrogen-bond donors (Lipinski definition) is 5. The Labute approximate surface area is 209 Å². The van der Waals surface area contributed by atoms with Crippen LogP contribution in [0.1, 0.15) is 25.7 Å². The van der Waals surface area contributed by atoms with Gasteiger partial charge in [0.2, 0.25) is 11.7 Å². The molecule has 0 aliphatic carbocycles. The lowest BCUT2D eigenvalue weighted by Crippen LogP contribution is -2.49. The number of carbonyl (C=O) groups excluding carboxylic acids is 1. The fourth-order valence-corrected chi connectivity index (χ4v) is 4.65. The van der Waals surface area contributed by atoms with E-state index in [0.717, 1.165) is 42.7 Å². The number of nitrogens with zero attached hydrogens (tertiary/aromatic N) is 3. The first kappa shape index (κ1) is 23.8. The topological polar surface area (TPSA) is 146 Å². The van der Waals surface area contributed by atoms with Gasteiger partial charge in [0.25, 0.3) is 0 Å². The van der Waals surface area contributed by atoms with Gasteiger partial charge in [-0.15, -0.1) is 12.3 Å². The van der Waals surface area contributed by atoms with Crippen LogP contribution in [0.3, 0.4) is 0 Å². The quantitative estimate of drug-likeness (QED) is 0.184. The van der Waals surface area contributed by atoms with Gasteiger partial charge in [0, 0.05) is 50.3 Å². The lowest BCUT2D eigenvalue weighted by atomic mass is 10.0. The molecule has 0 atom stereocenters. The fraction of sp³-hybridized carbons (Fsp3) is 0.385. The largest absolute Gasteiger partial charge is 0.504 e. The summed E-state index contributed by atoms with van der Waals surface area (Å²) < 4.78 is 5.14. The van der Waals surface area contributed by atoms with Crippen LogP contribution in [0.4, 0.5) is 5.69 Å². The Kier molecular flexibility index (Phi) is 6.35. The Bertz CT molecular complexity index is 1320. The molecule has 3 aromatic rings. The number of aromatic nitrogens is 2. The number of rotatable bonds is 8. The van der Waals surface area contributed by atoms with E-state index in [1.54, 1.807) is 6.07 Å². The molecule has 0 saturated carbocycles. The standard InChI is InChI=1S/C26H30N6O4/c1-3-4-8-26(29-30-26)9-7-23(34)32-12-10-31(11-13-32)18-5-6-19-20(16-18)28-25(27-19)17-14-21(33)24(35)22(15-17)36-2/h1,5-6,14-16,29-30,33,35H,4,7-13H2,2H3,(H,27,28). The van der Waals surface area contributed by atoms with Crippen LogP contribution in [0.15, 0.2) is 30.3 Å². The lowest BCUT2D eigenvalue weighted by molar-refractivity contribution is -0.131. The third-order valence-electron chi connectivity index (χ3n) is 6.95. The number of methoxy groups -OCH3 is 1. The van der Waals surface area contributed by atoms with Crippen molar-refractivity contribution in [1.29, 1.82) is 0 Å². The lowest BCUT2D eigenvalue weighted by Gasteiger charge is -2.36. The predicted molar refractivity (Wildman–Crippen MR) is 137 cm³/mol. The summed E-state index contributed by atoms with van der Waals surface area (Å²) in [7, 11) is 1.43. The number of ether oxygens (including phenoxy) is 1. The molecule has 1 aromatic heterocycles. The number of anilines is 1. The summed E-state index contributed by atoms with van der Waals surface area (Å²) in [5, 5.41) is 19.9. The SMILES string of the molecule is C#CCCC1(CCC(=O)N2CCN(c3ccc4[nH]c(-c5cc(O)c(O)c(OC)c5)nc4c3)CC2)NN1. The Balaban J connectivity index is 1.22. The molecular formula is C26H30N6O4. The Morgan fingerprint density at radius 1 is 1.17 bits per heavy atom. The van der Waals surface area contributed by atoms with Crippen molar-refractivity contribution in [3.8, 4) is 41.0 Å². The number of fused-ring (bicyclic) bond motifs is 1. The number of hydrogen-bond acceptors (Lipinski definition) is 8. The molecular weight excluding hydrogens is 460 g/mol. The summed E-state index contributed by atoms with van der Waals surface area (Å²) in [5.41, 5.74) is 9.40. The molecule has 2 saturated heterocycles. The van der Waals surface area contributed by atoms with E-state index in [4.69, 9.17) is 11.2 Å². The number of H-pyrrole nitrogens is 1. The highest BCUT2D eigenvalue weighted by Crippen LogP contribution is 2.39. The molecule has 2 aliphatic rings. The van der Waals surface area contributed by atoms with Gasteiger partial charge in [0.15, 0.2) is 11.5 Å². The van der Waals surface area contributed by atoms with Crippen LogP contribution < -0.4 is 20.5 Å². The normalized spacial score (nSPS) is 16.7. The monoisotopic (exact) mass is 490 g/mol. The third kappa shape index (κ3) is 4.76. The fourth-order valence-electron chi connectivity index (χ4n) is 4.65. The van der Waals surface area contributed by atoms with Gasteiger partial charge in [-0.3, -0.25) is 4.79 Å². The van der Waals surface area contributed by atoms with E-state index in [1.807, 2.05) is 23.1 Å². The van der Waals surface area contributed by atoms with Crippen LogP contribution in [0, 0.1) is 12.3 Å². The summed E-state index contributed by atoms with van der Waals surface area (Å²) in [5.74, 6) is 2.98. The minimum absolute atomic E-state index is 0.171. The molecule has 0 radical (unpaired) electrons. The van der Waals surface area contributed by atoms with E-state index < -0.39 is 0 Å². The second kappa shape index (κ2) is 9.60. The van der Waals surface area contributed by atoms with E-state index >= 15 is 0 Å². The third-order valence-corrected chi connectivity index (χ3v) is 6.95. The maximum Gasteiger partial charge on any atom is 0.222 e. The van der Waals surface area contributed by atoms with Crippen molar-refractivity contribution in [3.05, 3.63) is 30.3 Å². The van der Waals surface area contributed by atoms with E-state index in [9.17, 15) is 15.0 Å². The van der Waals surface area contributed by atoms with Crippen molar-refractivity contribution in [1.82, 2.24) is 25.7 Å². The number of nitrogens with one attached hydrogen (secondary N) is 3. The summed E-state index contributed by atoms with van der Waals surface area (Å²) in [4.78, 5) is 24.9. The van der Waals surface area contributed by atoms with Gasteiger partial charge in [-0.25, -0.2) is 15.8 Å². The van der Waals surface area contributed by atoms with Crippen LogP contribution in [-0.4, -0.2) is 69.9 Å². The number of phenols is 2. The van der Waals surface area contributed by atoms with Crippen LogP contribution in [0.2, 0.25) is 0 Å². The van der Waals surface area contributed by atoms with Crippen molar-refractivity contribution in [2.75, 3.05) is 38.2 Å². The molecule has 0 spiro atoms. The maximum absolute atomic E-state index is 12.7. The first-order valence-corrected chi connectivity index (χ1v) is 12.0. The number of benzene rings is 2. The van der Waals surface area contributed by atoms with Crippen molar-refractivity contribution < 1.29 is 19.7 Å². The molecule has 0 bridgehead atoms. The second-order valence-electron chi connectivity index (χ2n) is 9.24. The molecule has 2 aliphatic heterocycles. The summed E-state index contributed by atoms with van der Waals surface area (Å²) >= 11 is 0. The second-order valence-corrected chi connectivity index (χ2v) is 9.24. The number of amides is 1. The predicted octanol–water partition coefficient (Wildman–Crippen LogP) is 2.30. The van der Waals surface area contributed by atoms with E-state index in [0.29, 0.717) is 37.3 Å². The maximum atomic E-state index is 12.7. The molecule has 10 nitrogen and oxygen atoms in total. The number of aromatic amines is 1. The van der Waals surface area contributed by atoms with Crippen molar-refractivity contribution >= 4 is 22.6 Å². The molecule has 5 N–H and O–H groups in total. The molecule has 188 valence electrons. The van der Waals surface area contributed by atoms with Crippen molar-refractivity contribution in [2.45, 2.75) is 31.3 Å². The molecule has 2 aromatic carbocycles. The minimum atomic E-state index is -0.304. The van der Waals surface area contributed by atoms with Crippen LogP contribution in [-0.2, 0) is 4.79 Å². The molecule has 10 heteroatoms. The van der Waals surface area contributed by atoms with Crippen LogP contribution in [0.25, 0.3) is 22.4 Å². The molecule has 36 heavy (non-hydrogen) atoms. The first-order chi connectivity index (χ1) is 17.4. The van der Waals surface area contributed by atoms with E-state index in [2.05, 4.69) is 31.6 Å². The van der Waals surface area contributed by atoms with Gasteiger partial charge >= 0.3 is 0 Å². The Morgan fingerprint density at radius 3 is 2.64 bits per heavy atom. The van der Waals surface area contributed by atoms with E-state index in [1.165, 1.54) is 13.2 Å². The molecule has 3 heterocycles. The van der Waals surface area contributed by atoms with Gasteiger partial charge in [0.1, 0.15) is 5.82 Å². The highest BCUT2D eigenvalue weighted by Gasteiger charge is 2.41. The molecule has 2 fully saturated rings. The summed E-state index contributed by atoms with van der Waals surface area (Å²) in [6.45, 7) is 2.84. The zero-order chi connectivity index (χ0) is 25.3. The highest BCUT2D eigenvalue weighted by atomic mass is 16.5. The average Bonchev–Trinajstić information content (AvgIpc) is 3.55. The zero-order valence-electron chi connectivity index (χ0n) is 20.2. The molecule has 0 unspecified atom stereocenters. The summed E-state index contributed by atoms with van der Waals surface area (Å²) in [6, 6.07) is 9.09. The average molecular weight is 491 g/mol. The Morgan fingerprint density at radius 2 is 1.94 bits per heavy atom. The number of phenolic OH excluding ortho intramolecular Hbond substituents is 2. The first-order valence-electron chi connectivity index (χ1n) is 12.0. The van der Waals surface area contributed by atoms with Gasteiger partial charge in [0.05, 0.1) is 23.8 Å². The van der Waals surface area contributed by atoms with Gasteiger partial charge in [-0.2, -0.15) is 0 Å². The number of hydrazine groups is 1. The van der Waals surface area contributed by atoms with Crippen LogP contribution in [0.5, 0.6) is 17.2 Å². The zero-order valence-corrected chi connectivity index (χ0v) is 20.2. The highest BCUT2D eigenvalue weighted by molar-refractivity contribution is 5.83. The van der Waals surface area contributed by atoms with Crippen molar-refractivity contribution in [3.63, 3.8) is 0 Å². The smallest absolute Gasteiger partial charge is 0.222 e. The van der Waals surface area contributed by atoms with Gasteiger partial charge in [-0.05, 0) is 43.2 Å². The number of carbonyl (C=O) groups is 1. The molecule has 1 amide bonds.